The Morgan fingerprint density at radius 2 is 2.00 bits per heavy atom. The molecule has 0 spiro atoms. The van der Waals surface area contributed by atoms with Crippen LogP contribution in [-0.4, -0.2) is 12.7 Å². The number of unbranched alkanes of at least 4 members (excludes halogenated alkanes) is 3. The van der Waals surface area contributed by atoms with E-state index in [4.69, 9.17) is 10.00 Å². The largest absolute Gasteiger partial charge is 0.364 e. The Morgan fingerprint density at radius 1 is 1.33 bits per heavy atom. The van der Waals surface area contributed by atoms with E-state index in [0.717, 1.165) is 12.8 Å². The molecule has 12 heavy (non-hydrogen) atoms. The van der Waals surface area contributed by atoms with Gasteiger partial charge in [0, 0.05) is 7.11 Å². The maximum atomic E-state index is 8.77. The van der Waals surface area contributed by atoms with Gasteiger partial charge < -0.3 is 4.74 Å². The fraction of sp³-hybridized carbons (Fsp3) is 0.900. The van der Waals surface area contributed by atoms with E-state index in [9.17, 15) is 0 Å². The first-order valence-corrected chi connectivity index (χ1v) is 4.65. The molecule has 0 amide bonds. The van der Waals surface area contributed by atoms with Crippen LogP contribution in [0.4, 0.5) is 0 Å². The van der Waals surface area contributed by atoms with Crippen molar-refractivity contribution in [3.8, 4) is 6.07 Å². The average molecular weight is 169 g/mol. The molecule has 70 valence electrons. The average Bonchev–Trinajstić information content (AvgIpc) is 2.12. The van der Waals surface area contributed by atoms with E-state index in [2.05, 4.69) is 13.0 Å². The van der Waals surface area contributed by atoms with Crippen molar-refractivity contribution in [1.29, 1.82) is 5.26 Å². The zero-order valence-corrected chi connectivity index (χ0v) is 8.39. The van der Waals surface area contributed by atoms with Crippen LogP contribution in [0.15, 0.2) is 0 Å². The highest BCUT2D eigenvalue weighted by atomic mass is 16.5. The fourth-order valence-electron chi connectivity index (χ4n) is 1.09. The maximum Gasteiger partial charge on any atom is 0.151 e. The number of nitrogens with zero attached hydrogens (tertiary/aromatic N) is 1. The molecule has 0 aliphatic rings. The quantitative estimate of drug-likeness (QED) is 0.573. The second-order valence-electron chi connectivity index (χ2n) is 3.36. The van der Waals surface area contributed by atoms with Crippen molar-refractivity contribution in [2.24, 2.45) is 0 Å². The van der Waals surface area contributed by atoms with Gasteiger partial charge in [0.2, 0.25) is 0 Å². The van der Waals surface area contributed by atoms with E-state index >= 15 is 0 Å². The Kier molecular flexibility index (Phi) is 5.74. The van der Waals surface area contributed by atoms with E-state index in [0.29, 0.717) is 0 Å². The molecule has 0 saturated heterocycles. The van der Waals surface area contributed by atoms with Gasteiger partial charge in [0.15, 0.2) is 5.60 Å². The van der Waals surface area contributed by atoms with E-state index in [1.165, 1.54) is 19.3 Å². The molecule has 0 aromatic rings. The lowest BCUT2D eigenvalue weighted by atomic mass is 9.99. The van der Waals surface area contributed by atoms with Gasteiger partial charge in [-0.1, -0.05) is 26.2 Å². The third kappa shape index (κ3) is 4.35. The summed E-state index contributed by atoms with van der Waals surface area (Å²) in [5.41, 5.74) is -0.562. The summed E-state index contributed by atoms with van der Waals surface area (Å²) < 4.78 is 5.11. The van der Waals surface area contributed by atoms with E-state index in [-0.39, 0.29) is 0 Å². The van der Waals surface area contributed by atoms with Crippen molar-refractivity contribution in [3.05, 3.63) is 0 Å². The molecule has 0 rings (SSSR count). The lowest BCUT2D eigenvalue weighted by Gasteiger charge is -2.18. The zero-order chi connectivity index (χ0) is 9.45. The summed E-state index contributed by atoms with van der Waals surface area (Å²) in [6, 6.07) is 2.18. The van der Waals surface area contributed by atoms with Crippen molar-refractivity contribution < 1.29 is 4.74 Å². The topological polar surface area (TPSA) is 33.0 Å². The molecule has 0 aliphatic carbocycles. The smallest absolute Gasteiger partial charge is 0.151 e. The van der Waals surface area contributed by atoms with Gasteiger partial charge in [0.25, 0.3) is 0 Å². The van der Waals surface area contributed by atoms with Crippen LogP contribution in [-0.2, 0) is 4.74 Å². The lowest BCUT2D eigenvalue weighted by Crippen LogP contribution is -2.24. The molecular weight excluding hydrogens is 150 g/mol. The Labute approximate surface area is 75.5 Å². The third-order valence-electron chi connectivity index (χ3n) is 2.19. The molecule has 1 atom stereocenters. The number of ether oxygens (including phenoxy) is 1. The molecule has 0 saturated carbocycles. The summed E-state index contributed by atoms with van der Waals surface area (Å²) in [6.45, 7) is 4.03. The van der Waals surface area contributed by atoms with Gasteiger partial charge in [-0.15, -0.1) is 0 Å². The summed E-state index contributed by atoms with van der Waals surface area (Å²) in [5, 5.41) is 8.77. The minimum absolute atomic E-state index is 0.562. The third-order valence-corrected chi connectivity index (χ3v) is 2.19. The van der Waals surface area contributed by atoms with Crippen molar-refractivity contribution in [2.45, 2.75) is 51.6 Å². The van der Waals surface area contributed by atoms with Crippen LogP contribution in [0.3, 0.4) is 0 Å². The van der Waals surface area contributed by atoms with Gasteiger partial charge in [-0.05, 0) is 19.8 Å². The maximum absolute atomic E-state index is 8.77. The van der Waals surface area contributed by atoms with E-state index in [1.807, 2.05) is 6.92 Å². The van der Waals surface area contributed by atoms with Crippen LogP contribution in [0.5, 0.6) is 0 Å². The first-order chi connectivity index (χ1) is 5.68. The summed E-state index contributed by atoms with van der Waals surface area (Å²) >= 11 is 0. The Balaban J connectivity index is 3.54. The minimum Gasteiger partial charge on any atom is -0.364 e. The predicted molar refractivity (Wildman–Crippen MR) is 49.8 cm³/mol. The Bertz CT molecular complexity index is 150. The van der Waals surface area contributed by atoms with Crippen LogP contribution >= 0.6 is 0 Å². The van der Waals surface area contributed by atoms with Gasteiger partial charge >= 0.3 is 0 Å². The van der Waals surface area contributed by atoms with Crippen molar-refractivity contribution in [3.63, 3.8) is 0 Å². The SMILES string of the molecule is CCCCCCC(C)(C#N)OC. The number of rotatable bonds is 6. The zero-order valence-electron chi connectivity index (χ0n) is 8.39. The van der Waals surface area contributed by atoms with Crippen LogP contribution in [0.1, 0.15) is 46.0 Å². The molecule has 0 N–H and O–H groups in total. The van der Waals surface area contributed by atoms with Crippen LogP contribution in [0.2, 0.25) is 0 Å². The first-order valence-electron chi connectivity index (χ1n) is 4.65. The first kappa shape index (κ1) is 11.4. The van der Waals surface area contributed by atoms with Gasteiger partial charge in [-0.2, -0.15) is 5.26 Å². The molecule has 0 bridgehead atoms. The summed E-state index contributed by atoms with van der Waals surface area (Å²) in [5.74, 6) is 0. The lowest BCUT2D eigenvalue weighted by molar-refractivity contribution is 0.0458. The number of methoxy groups -OCH3 is 1. The standard InChI is InChI=1S/C10H19NO/c1-4-5-6-7-8-10(2,9-11)12-3/h4-8H2,1-3H3. The fourth-order valence-corrected chi connectivity index (χ4v) is 1.09. The Morgan fingerprint density at radius 3 is 2.42 bits per heavy atom. The number of hydrogen-bond donors (Lipinski definition) is 0. The summed E-state index contributed by atoms with van der Waals surface area (Å²) in [6.07, 6.45) is 5.63. The molecule has 0 aromatic carbocycles. The van der Waals surface area contributed by atoms with Crippen molar-refractivity contribution in [2.75, 3.05) is 7.11 Å². The second-order valence-corrected chi connectivity index (χ2v) is 3.36. The Hall–Kier alpha value is -0.550. The van der Waals surface area contributed by atoms with Gasteiger partial charge in [0.1, 0.15) is 0 Å². The monoisotopic (exact) mass is 169 g/mol. The molecule has 0 radical (unpaired) electrons. The molecule has 2 nitrogen and oxygen atoms in total. The highest BCUT2D eigenvalue weighted by molar-refractivity contribution is 4.97. The summed E-state index contributed by atoms with van der Waals surface area (Å²) in [4.78, 5) is 0. The van der Waals surface area contributed by atoms with Crippen molar-refractivity contribution in [1.82, 2.24) is 0 Å². The van der Waals surface area contributed by atoms with E-state index in [1.54, 1.807) is 7.11 Å². The predicted octanol–water partition coefficient (Wildman–Crippen LogP) is 2.89. The molecule has 0 fully saturated rings. The molecular formula is C10H19NO. The van der Waals surface area contributed by atoms with Crippen LogP contribution < -0.4 is 0 Å². The normalized spacial score (nSPS) is 15.2. The second kappa shape index (κ2) is 6.02. The van der Waals surface area contributed by atoms with Gasteiger partial charge in [0.05, 0.1) is 6.07 Å². The van der Waals surface area contributed by atoms with Crippen molar-refractivity contribution >= 4 is 0 Å². The molecule has 0 heterocycles. The van der Waals surface area contributed by atoms with Gasteiger partial charge in [-0.3, -0.25) is 0 Å². The molecule has 2 heteroatoms. The minimum atomic E-state index is -0.562. The van der Waals surface area contributed by atoms with E-state index < -0.39 is 5.60 Å². The van der Waals surface area contributed by atoms with Gasteiger partial charge in [-0.25, -0.2) is 0 Å². The molecule has 0 aliphatic heterocycles. The molecule has 0 aromatic heterocycles. The van der Waals surface area contributed by atoms with Crippen LogP contribution in [0.25, 0.3) is 0 Å². The highest BCUT2D eigenvalue weighted by Crippen LogP contribution is 2.17. The number of hydrogen-bond acceptors (Lipinski definition) is 2. The number of nitriles is 1. The molecule has 1 unspecified atom stereocenters. The summed E-state index contributed by atoms with van der Waals surface area (Å²) in [7, 11) is 1.60. The highest BCUT2D eigenvalue weighted by Gasteiger charge is 2.21. The van der Waals surface area contributed by atoms with Crippen LogP contribution in [0, 0.1) is 11.3 Å².